The Morgan fingerprint density at radius 2 is 1.77 bits per heavy atom. The van der Waals surface area contributed by atoms with Crippen molar-refractivity contribution in [3.8, 4) is 0 Å². The molecule has 0 bridgehead atoms. The summed E-state index contributed by atoms with van der Waals surface area (Å²) in [7, 11) is 0. The van der Waals surface area contributed by atoms with Crippen molar-refractivity contribution in [3.63, 3.8) is 0 Å². The van der Waals surface area contributed by atoms with Crippen molar-refractivity contribution in [2.45, 2.75) is 39.0 Å². The molecule has 212 valence electrons. The number of alkyl carbamates (subject to hydrolysis) is 1. The number of nitrogens with one attached hydrogen (secondary N) is 2. The molecular formula is C29H33F2N5O4. The number of halogens is 2. The van der Waals surface area contributed by atoms with Gasteiger partial charge >= 0.3 is 6.09 Å². The van der Waals surface area contributed by atoms with Gasteiger partial charge in [0.1, 0.15) is 28.8 Å². The summed E-state index contributed by atoms with van der Waals surface area (Å²) >= 11 is 0. The van der Waals surface area contributed by atoms with Gasteiger partial charge in [0, 0.05) is 24.9 Å². The standard InChI is InChI=1S/C29H33F2N5O4/c1-19-34(16-21-22(30)11-8-12-23(21)31)18-25(35-14-13-32-15-26(35)37)27(38)36(19)17-24(20-9-6-5-7-10-20)33-28(39)40-29(2,3)4/h5-12,18,24,32H,1,13-17H2,2-4H3,(H,33,39)/t24-/m0/s1. The monoisotopic (exact) mass is 553 g/mol. The van der Waals surface area contributed by atoms with Crippen molar-refractivity contribution in [2.75, 3.05) is 26.2 Å². The number of rotatable bonds is 7. The second-order valence-electron chi connectivity index (χ2n) is 10.5. The Labute approximate surface area is 232 Å². The number of carbonyl (C=O) groups excluding carboxylic acids is 3. The maximum Gasteiger partial charge on any atom is 0.408 e. The number of hydrogen-bond acceptors (Lipinski definition) is 6. The van der Waals surface area contributed by atoms with Gasteiger partial charge in [-0.05, 0) is 38.5 Å². The van der Waals surface area contributed by atoms with Crippen LogP contribution < -0.4 is 10.6 Å². The van der Waals surface area contributed by atoms with Gasteiger partial charge in [0.2, 0.25) is 5.91 Å². The predicted octanol–water partition coefficient (Wildman–Crippen LogP) is 3.62. The molecule has 0 radical (unpaired) electrons. The van der Waals surface area contributed by atoms with Crippen molar-refractivity contribution in [1.29, 1.82) is 0 Å². The Hall–Kier alpha value is -4.25. The first-order valence-corrected chi connectivity index (χ1v) is 12.9. The van der Waals surface area contributed by atoms with Gasteiger partial charge in [-0.25, -0.2) is 13.6 Å². The summed E-state index contributed by atoms with van der Waals surface area (Å²) in [5, 5.41) is 5.78. The van der Waals surface area contributed by atoms with E-state index in [2.05, 4.69) is 17.2 Å². The molecule has 2 aromatic rings. The highest BCUT2D eigenvalue weighted by Crippen LogP contribution is 2.29. The van der Waals surface area contributed by atoms with Crippen molar-refractivity contribution in [1.82, 2.24) is 25.3 Å². The summed E-state index contributed by atoms with van der Waals surface area (Å²) in [6.45, 7) is 9.63. The molecular weight excluding hydrogens is 520 g/mol. The minimum Gasteiger partial charge on any atom is -0.444 e. The summed E-state index contributed by atoms with van der Waals surface area (Å²) in [5.74, 6) is -2.22. The van der Waals surface area contributed by atoms with E-state index in [9.17, 15) is 23.2 Å². The third-order valence-corrected chi connectivity index (χ3v) is 6.41. The van der Waals surface area contributed by atoms with E-state index in [4.69, 9.17) is 4.74 Å². The van der Waals surface area contributed by atoms with Gasteiger partial charge in [0.25, 0.3) is 5.91 Å². The fourth-order valence-electron chi connectivity index (χ4n) is 4.47. The molecule has 2 aliphatic rings. The number of hydrogen-bond donors (Lipinski definition) is 2. The van der Waals surface area contributed by atoms with E-state index in [0.717, 1.165) is 12.1 Å². The molecule has 0 aromatic heterocycles. The van der Waals surface area contributed by atoms with Gasteiger partial charge in [-0.1, -0.05) is 43.0 Å². The van der Waals surface area contributed by atoms with E-state index in [0.29, 0.717) is 12.1 Å². The second-order valence-corrected chi connectivity index (χ2v) is 10.5. The number of amides is 3. The van der Waals surface area contributed by atoms with Crippen LogP contribution in [0.1, 0.15) is 37.9 Å². The van der Waals surface area contributed by atoms with Crippen LogP contribution in [-0.2, 0) is 20.9 Å². The second kappa shape index (κ2) is 11.9. The van der Waals surface area contributed by atoms with E-state index in [-0.39, 0.29) is 49.2 Å². The molecule has 2 N–H and O–H groups in total. The Morgan fingerprint density at radius 1 is 1.10 bits per heavy atom. The first kappa shape index (κ1) is 28.8. The third kappa shape index (κ3) is 6.66. The number of benzene rings is 2. The molecule has 1 fully saturated rings. The van der Waals surface area contributed by atoms with Crippen LogP contribution in [0.2, 0.25) is 0 Å². The highest BCUT2D eigenvalue weighted by Gasteiger charge is 2.37. The van der Waals surface area contributed by atoms with E-state index >= 15 is 0 Å². The average Bonchev–Trinajstić information content (AvgIpc) is 2.89. The minimum absolute atomic E-state index is 0.0414. The average molecular weight is 554 g/mol. The van der Waals surface area contributed by atoms with Crippen LogP contribution in [-0.4, -0.2) is 64.4 Å². The molecule has 2 aromatic carbocycles. The summed E-state index contributed by atoms with van der Waals surface area (Å²) < 4.78 is 34.6. The summed E-state index contributed by atoms with van der Waals surface area (Å²) in [6.07, 6.45) is 0.712. The Balaban J connectivity index is 1.70. The van der Waals surface area contributed by atoms with Crippen molar-refractivity contribution < 1.29 is 27.9 Å². The summed E-state index contributed by atoms with van der Waals surface area (Å²) in [4.78, 5) is 43.4. The van der Waals surface area contributed by atoms with Gasteiger partial charge in [-0.15, -0.1) is 0 Å². The van der Waals surface area contributed by atoms with Crippen LogP contribution in [0.3, 0.4) is 0 Å². The van der Waals surface area contributed by atoms with E-state index in [1.54, 1.807) is 45.0 Å². The zero-order valence-electron chi connectivity index (χ0n) is 22.7. The van der Waals surface area contributed by atoms with E-state index < -0.39 is 35.3 Å². The highest BCUT2D eigenvalue weighted by atomic mass is 19.1. The highest BCUT2D eigenvalue weighted by molar-refractivity contribution is 5.99. The SMILES string of the molecule is C=C1N(Cc2c(F)cccc2F)C=C(N2CCNCC2=O)C(=O)N1C[C@H](NC(=O)OC(C)(C)C)c1ccccc1. The van der Waals surface area contributed by atoms with Crippen LogP contribution in [0.15, 0.2) is 72.8 Å². The largest absolute Gasteiger partial charge is 0.444 e. The van der Waals surface area contributed by atoms with Crippen molar-refractivity contribution in [2.24, 2.45) is 0 Å². The predicted molar refractivity (Wildman–Crippen MR) is 144 cm³/mol. The van der Waals surface area contributed by atoms with Crippen LogP contribution in [0.25, 0.3) is 0 Å². The summed E-state index contributed by atoms with van der Waals surface area (Å²) in [5.41, 5.74) is -0.240. The van der Waals surface area contributed by atoms with Crippen molar-refractivity contribution >= 4 is 17.9 Å². The normalized spacial score (nSPS) is 17.1. The van der Waals surface area contributed by atoms with Gasteiger partial charge in [-0.3, -0.25) is 14.5 Å². The molecule has 2 heterocycles. The number of nitrogens with zero attached hydrogens (tertiary/aromatic N) is 3. The number of ether oxygens (including phenoxy) is 1. The molecule has 4 rings (SSSR count). The fourth-order valence-corrected chi connectivity index (χ4v) is 4.47. The van der Waals surface area contributed by atoms with Gasteiger partial charge in [0.05, 0.1) is 25.7 Å². The zero-order chi connectivity index (χ0) is 29.0. The van der Waals surface area contributed by atoms with E-state index in [1.807, 2.05) is 6.07 Å². The smallest absolute Gasteiger partial charge is 0.408 e. The molecule has 1 saturated heterocycles. The van der Waals surface area contributed by atoms with E-state index in [1.165, 1.54) is 27.0 Å². The quantitative estimate of drug-likeness (QED) is 0.544. The lowest BCUT2D eigenvalue weighted by Gasteiger charge is -2.41. The molecule has 9 nitrogen and oxygen atoms in total. The lowest BCUT2D eigenvalue weighted by molar-refractivity contribution is -0.137. The van der Waals surface area contributed by atoms with Crippen LogP contribution in [0.5, 0.6) is 0 Å². The molecule has 3 amide bonds. The van der Waals surface area contributed by atoms with Gasteiger partial charge in [-0.2, -0.15) is 0 Å². The maximum atomic E-state index is 14.6. The Kier molecular flexibility index (Phi) is 8.53. The summed E-state index contributed by atoms with van der Waals surface area (Å²) in [6, 6.07) is 11.8. The Morgan fingerprint density at radius 3 is 2.40 bits per heavy atom. The Bertz CT molecular complexity index is 1310. The molecule has 2 aliphatic heterocycles. The van der Waals surface area contributed by atoms with Crippen LogP contribution in [0, 0.1) is 11.6 Å². The number of carbonyl (C=O) groups is 3. The first-order chi connectivity index (χ1) is 18.9. The first-order valence-electron chi connectivity index (χ1n) is 12.9. The lowest BCUT2D eigenvalue weighted by atomic mass is 10.1. The van der Waals surface area contributed by atoms with Crippen LogP contribution in [0.4, 0.5) is 13.6 Å². The lowest BCUT2D eigenvalue weighted by Crippen LogP contribution is -2.54. The third-order valence-electron chi connectivity index (χ3n) is 6.41. The molecule has 0 unspecified atom stereocenters. The van der Waals surface area contributed by atoms with Crippen LogP contribution >= 0.6 is 0 Å². The maximum absolute atomic E-state index is 14.6. The molecule has 11 heteroatoms. The zero-order valence-corrected chi connectivity index (χ0v) is 22.7. The molecule has 1 atom stereocenters. The van der Waals surface area contributed by atoms with Gasteiger partial charge < -0.3 is 25.2 Å². The topological polar surface area (TPSA) is 94.2 Å². The fraction of sp³-hybridized carbons (Fsp3) is 0.345. The number of piperazine rings is 1. The molecule has 40 heavy (non-hydrogen) atoms. The molecule has 0 spiro atoms. The molecule has 0 aliphatic carbocycles. The van der Waals surface area contributed by atoms with Gasteiger partial charge in [0.15, 0.2) is 0 Å². The molecule has 0 saturated carbocycles. The van der Waals surface area contributed by atoms with Crippen molar-refractivity contribution in [3.05, 3.63) is 95.6 Å². The minimum atomic E-state index is -0.755.